The van der Waals surface area contributed by atoms with Crippen molar-refractivity contribution in [2.75, 3.05) is 0 Å². The van der Waals surface area contributed by atoms with E-state index in [1.54, 1.807) is 33.8 Å². The molecule has 1 rings (SSSR count). The monoisotopic (exact) mass is 294 g/mol. The van der Waals surface area contributed by atoms with Gasteiger partial charge in [-0.3, -0.25) is 0 Å². The van der Waals surface area contributed by atoms with Gasteiger partial charge in [0.15, 0.2) is 0 Å². The molecule has 0 N–H and O–H groups in total. The standard InChI is InChI=1S/C13H17F3O2S/c1-8(2)10-6-5-7-11(9(3)4)12(10)19(17,18)13(14,15)16/h5-9H,1-4H3. The number of alkyl halides is 3. The van der Waals surface area contributed by atoms with Crippen molar-refractivity contribution in [2.24, 2.45) is 0 Å². The molecule has 0 saturated carbocycles. The smallest absolute Gasteiger partial charge is 0.214 e. The van der Waals surface area contributed by atoms with Crippen molar-refractivity contribution in [3.05, 3.63) is 29.3 Å². The molecule has 19 heavy (non-hydrogen) atoms. The molecule has 0 amide bonds. The van der Waals surface area contributed by atoms with Gasteiger partial charge in [-0.25, -0.2) is 8.42 Å². The van der Waals surface area contributed by atoms with Crippen LogP contribution in [0.3, 0.4) is 0 Å². The third-order valence-electron chi connectivity index (χ3n) is 2.89. The van der Waals surface area contributed by atoms with Crippen LogP contribution in [0.25, 0.3) is 0 Å². The summed E-state index contributed by atoms with van der Waals surface area (Å²) in [7, 11) is -5.33. The maximum atomic E-state index is 12.8. The first-order valence-corrected chi connectivity index (χ1v) is 7.42. The first-order valence-electron chi connectivity index (χ1n) is 5.94. The Morgan fingerprint density at radius 2 is 1.32 bits per heavy atom. The largest absolute Gasteiger partial charge is 0.501 e. The minimum Gasteiger partial charge on any atom is -0.214 e. The van der Waals surface area contributed by atoms with Gasteiger partial charge in [-0.05, 0) is 23.0 Å². The Bertz CT molecular complexity index is 531. The van der Waals surface area contributed by atoms with Gasteiger partial charge in [0, 0.05) is 0 Å². The highest BCUT2D eigenvalue weighted by Gasteiger charge is 2.49. The highest BCUT2D eigenvalue weighted by atomic mass is 32.2. The first-order chi connectivity index (χ1) is 8.50. The second kappa shape index (κ2) is 5.15. The van der Waals surface area contributed by atoms with E-state index in [0.29, 0.717) is 0 Å². The summed E-state index contributed by atoms with van der Waals surface area (Å²) in [6.07, 6.45) is 0. The van der Waals surface area contributed by atoms with Crippen LogP contribution in [0, 0.1) is 0 Å². The fourth-order valence-corrected chi connectivity index (χ4v) is 3.37. The normalized spacial score (nSPS) is 13.3. The molecular weight excluding hydrogens is 277 g/mol. The number of rotatable bonds is 3. The molecule has 0 atom stereocenters. The molecule has 1 aromatic carbocycles. The summed E-state index contributed by atoms with van der Waals surface area (Å²) in [5.74, 6) is -0.600. The Kier molecular flexibility index (Phi) is 4.34. The third-order valence-corrected chi connectivity index (χ3v) is 4.51. The summed E-state index contributed by atoms with van der Waals surface area (Å²) in [6, 6.07) is 4.48. The van der Waals surface area contributed by atoms with E-state index >= 15 is 0 Å². The van der Waals surface area contributed by atoms with E-state index in [2.05, 4.69) is 0 Å². The first kappa shape index (κ1) is 16.0. The van der Waals surface area contributed by atoms with Crippen molar-refractivity contribution in [1.82, 2.24) is 0 Å². The molecule has 0 radical (unpaired) electrons. The van der Waals surface area contributed by atoms with Crippen LogP contribution in [-0.2, 0) is 9.84 Å². The van der Waals surface area contributed by atoms with Gasteiger partial charge in [0.25, 0.3) is 9.84 Å². The third kappa shape index (κ3) is 2.94. The lowest BCUT2D eigenvalue weighted by Crippen LogP contribution is -2.26. The summed E-state index contributed by atoms with van der Waals surface area (Å²) < 4.78 is 62.0. The Hall–Kier alpha value is -1.04. The van der Waals surface area contributed by atoms with E-state index in [4.69, 9.17) is 0 Å². The SMILES string of the molecule is CC(C)c1cccc(C(C)C)c1S(=O)(=O)C(F)(F)F. The van der Waals surface area contributed by atoms with Gasteiger partial charge in [0.2, 0.25) is 0 Å². The van der Waals surface area contributed by atoms with Crippen LogP contribution in [0.2, 0.25) is 0 Å². The Morgan fingerprint density at radius 1 is 0.947 bits per heavy atom. The Labute approximate surface area is 111 Å². The van der Waals surface area contributed by atoms with Gasteiger partial charge >= 0.3 is 5.51 Å². The van der Waals surface area contributed by atoms with Gasteiger partial charge in [0.1, 0.15) is 0 Å². The second-order valence-electron chi connectivity index (χ2n) is 5.02. The summed E-state index contributed by atoms with van der Waals surface area (Å²) >= 11 is 0. The zero-order valence-electron chi connectivity index (χ0n) is 11.2. The summed E-state index contributed by atoms with van der Waals surface area (Å²) in [5, 5.41) is 0. The van der Waals surface area contributed by atoms with Gasteiger partial charge in [-0.2, -0.15) is 13.2 Å². The van der Waals surface area contributed by atoms with E-state index in [1.165, 1.54) is 12.1 Å². The summed E-state index contributed by atoms with van der Waals surface area (Å²) in [6.45, 7) is 6.70. The summed E-state index contributed by atoms with van der Waals surface area (Å²) in [5.41, 5.74) is -4.85. The van der Waals surface area contributed by atoms with E-state index in [1.807, 2.05) is 0 Å². The maximum Gasteiger partial charge on any atom is 0.501 e. The van der Waals surface area contributed by atoms with Crippen LogP contribution in [0.1, 0.15) is 50.7 Å². The minimum absolute atomic E-state index is 0.212. The van der Waals surface area contributed by atoms with E-state index in [9.17, 15) is 21.6 Å². The number of benzene rings is 1. The van der Waals surface area contributed by atoms with Crippen molar-refractivity contribution >= 4 is 9.84 Å². The molecule has 0 heterocycles. The fourth-order valence-electron chi connectivity index (χ4n) is 1.91. The van der Waals surface area contributed by atoms with Crippen molar-refractivity contribution in [2.45, 2.75) is 49.9 Å². The molecule has 0 aliphatic carbocycles. The molecule has 0 saturated heterocycles. The number of halogens is 3. The van der Waals surface area contributed by atoms with E-state index < -0.39 is 20.2 Å². The lowest BCUT2D eigenvalue weighted by Gasteiger charge is -2.20. The van der Waals surface area contributed by atoms with E-state index in [0.717, 1.165) is 0 Å². The summed E-state index contributed by atoms with van der Waals surface area (Å²) in [4.78, 5) is -0.576. The maximum absolute atomic E-state index is 12.8. The molecule has 0 fully saturated rings. The van der Waals surface area contributed by atoms with Crippen LogP contribution in [0.4, 0.5) is 13.2 Å². The number of hydrogen-bond donors (Lipinski definition) is 0. The van der Waals surface area contributed by atoms with Crippen molar-refractivity contribution in [1.29, 1.82) is 0 Å². The molecule has 0 aliphatic rings. The number of hydrogen-bond acceptors (Lipinski definition) is 2. The zero-order valence-corrected chi connectivity index (χ0v) is 12.1. The quantitative estimate of drug-likeness (QED) is 0.836. The Morgan fingerprint density at radius 3 is 1.58 bits per heavy atom. The van der Waals surface area contributed by atoms with Crippen LogP contribution < -0.4 is 0 Å². The topological polar surface area (TPSA) is 34.1 Å². The molecule has 0 spiro atoms. The number of sulfone groups is 1. The van der Waals surface area contributed by atoms with Crippen LogP contribution in [0.5, 0.6) is 0 Å². The molecule has 0 aliphatic heterocycles. The molecule has 6 heteroatoms. The van der Waals surface area contributed by atoms with Gasteiger partial charge in [-0.15, -0.1) is 0 Å². The minimum atomic E-state index is -5.33. The predicted octanol–water partition coefficient (Wildman–Crippen LogP) is 4.23. The van der Waals surface area contributed by atoms with Crippen LogP contribution in [-0.4, -0.2) is 13.9 Å². The van der Waals surface area contributed by atoms with Crippen molar-refractivity contribution in [3.63, 3.8) is 0 Å². The average molecular weight is 294 g/mol. The van der Waals surface area contributed by atoms with E-state index in [-0.39, 0.29) is 23.0 Å². The van der Waals surface area contributed by atoms with Crippen LogP contribution >= 0.6 is 0 Å². The van der Waals surface area contributed by atoms with Gasteiger partial charge in [0.05, 0.1) is 4.90 Å². The molecule has 0 unspecified atom stereocenters. The molecular formula is C13H17F3O2S. The van der Waals surface area contributed by atoms with Crippen molar-refractivity contribution < 1.29 is 21.6 Å². The van der Waals surface area contributed by atoms with Crippen molar-refractivity contribution in [3.8, 4) is 0 Å². The predicted molar refractivity (Wildman–Crippen MR) is 67.9 cm³/mol. The highest BCUT2D eigenvalue weighted by Crippen LogP contribution is 2.38. The highest BCUT2D eigenvalue weighted by molar-refractivity contribution is 7.92. The van der Waals surface area contributed by atoms with Gasteiger partial charge in [-0.1, -0.05) is 45.9 Å². The lowest BCUT2D eigenvalue weighted by molar-refractivity contribution is -0.0437. The fraction of sp³-hybridized carbons (Fsp3) is 0.538. The molecule has 1 aromatic rings. The molecule has 0 aromatic heterocycles. The van der Waals surface area contributed by atoms with Crippen LogP contribution in [0.15, 0.2) is 23.1 Å². The second-order valence-corrected chi connectivity index (χ2v) is 6.90. The Balaban J connectivity index is 3.74. The molecule has 0 bridgehead atoms. The average Bonchev–Trinajstić information content (AvgIpc) is 2.26. The molecule has 2 nitrogen and oxygen atoms in total. The van der Waals surface area contributed by atoms with Gasteiger partial charge < -0.3 is 0 Å². The lowest BCUT2D eigenvalue weighted by atomic mass is 9.95. The molecule has 108 valence electrons. The zero-order chi connectivity index (χ0) is 15.0.